The van der Waals surface area contributed by atoms with E-state index in [1.54, 1.807) is 0 Å². The molecule has 0 atom stereocenters. The number of fused-ring (bicyclic) bond motifs is 1. The normalized spacial score (nSPS) is 10.9. The highest BCUT2D eigenvalue weighted by Crippen LogP contribution is 2.26. The van der Waals surface area contributed by atoms with E-state index in [4.69, 9.17) is 0 Å². The Bertz CT molecular complexity index is 522. The zero-order valence-corrected chi connectivity index (χ0v) is 11.7. The molecule has 0 aliphatic rings. The largest absolute Gasteiger partial charge is 0.326 e. The maximum atomic E-state index is 13.6. The summed E-state index contributed by atoms with van der Waals surface area (Å²) >= 11 is 3.29. The highest BCUT2D eigenvalue weighted by atomic mass is 79.9. The molecule has 2 nitrogen and oxygen atoms in total. The van der Waals surface area contributed by atoms with Crippen molar-refractivity contribution in [3.8, 4) is 0 Å². The Balaban J connectivity index is 0.00000128. The first kappa shape index (κ1) is 13.5. The number of nitrogens with zero attached hydrogens (tertiary/aromatic N) is 2. The van der Waals surface area contributed by atoms with E-state index >= 15 is 0 Å². The number of benzene rings is 1. The second-order valence-corrected chi connectivity index (χ2v) is 4.79. The highest BCUT2D eigenvalue weighted by molar-refractivity contribution is 9.10. The molecule has 0 saturated carbocycles. The van der Waals surface area contributed by atoms with Gasteiger partial charge in [0.15, 0.2) is 5.82 Å². The summed E-state index contributed by atoms with van der Waals surface area (Å²) in [6, 6.07) is 3.63. The Hall–Kier alpha value is -0.610. The third-order valence-electron chi connectivity index (χ3n) is 2.41. The van der Waals surface area contributed by atoms with Crippen LogP contribution >= 0.6 is 28.3 Å². The van der Waals surface area contributed by atoms with Gasteiger partial charge in [-0.15, -0.1) is 12.4 Å². The molecule has 5 heteroatoms. The van der Waals surface area contributed by atoms with Gasteiger partial charge in [0.2, 0.25) is 0 Å². The Kier molecular flexibility index (Phi) is 3.97. The first-order valence-corrected chi connectivity index (χ1v) is 5.63. The standard InChI is InChI=1S/C11H12BrFN2.ClH/c1-6(2)15-7(3)14-11-9(13)4-8(12)5-10(11)15;/h4-6H,1-3H3;1H. The number of aryl methyl sites for hydroxylation is 1. The van der Waals surface area contributed by atoms with Gasteiger partial charge in [-0.2, -0.15) is 0 Å². The fourth-order valence-corrected chi connectivity index (χ4v) is 2.31. The van der Waals surface area contributed by atoms with Crippen molar-refractivity contribution in [2.45, 2.75) is 26.8 Å². The molecular formula is C11H13BrClFN2. The summed E-state index contributed by atoms with van der Waals surface area (Å²) in [4.78, 5) is 4.24. The van der Waals surface area contributed by atoms with Gasteiger partial charge in [0.05, 0.1) is 5.52 Å². The van der Waals surface area contributed by atoms with E-state index in [-0.39, 0.29) is 24.3 Å². The Morgan fingerprint density at radius 1 is 1.38 bits per heavy atom. The minimum Gasteiger partial charge on any atom is -0.326 e. The van der Waals surface area contributed by atoms with Crippen LogP contribution in [-0.4, -0.2) is 9.55 Å². The quantitative estimate of drug-likeness (QED) is 0.770. The van der Waals surface area contributed by atoms with Gasteiger partial charge in [-0.3, -0.25) is 0 Å². The minimum atomic E-state index is -0.276. The first-order valence-electron chi connectivity index (χ1n) is 4.84. The molecule has 16 heavy (non-hydrogen) atoms. The summed E-state index contributed by atoms with van der Waals surface area (Å²) in [5.74, 6) is 0.568. The van der Waals surface area contributed by atoms with Crippen LogP contribution in [0.25, 0.3) is 11.0 Å². The van der Waals surface area contributed by atoms with Gasteiger partial charge in [-0.25, -0.2) is 9.37 Å². The molecule has 88 valence electrons. The molecule has 0 unspecified atom stereocenters. The van der Waals surface area contributed by atoms with Crippen molar-refractivity contribution in [3.63, 3.8) is 0 Å². The molecule has 0 aliphatic heterocycles. The van der Waals surface area contributed by atoms with Crippen molar-refractivity contribution in [1.82, 2.24) is 9.55 Å². The monoisotopic (exact) mass is 306 g/mol. The summed E-state index contributed by atoms with van der Waals surface area (Å²) < 4.78 is 16.4. The van der Waals surface area contributed by atoms with E-state index in [1.807, 2.05) is 17.6 Å². The molecule has 0 aliphatic carbocycles. The molecular weight excluding hydrogens is 294 g/mol. The molecule has 2 aromatic rings. The lowest BCUT2D eigenvalue weighted by Crippen LogP contribution is -2.02. The Morgan fingerprint density at radius 2 is 2.00 bits per heavy atom. The van der Waals surface area contributed by atoms with Crippen molar-refractivity contribution in [2.75, 3.05) is 0 Å². The number of aromatic nitrogens is 2. The van der Waals surface area contributed by atoms with Crippen LogP contribution in [0.2, 0.25) is 0 Å². The first-order chi connectivity index (χ1) is 7.00. The van der Waals surface area contributed by atoms with Crippen molar-refractivity contribution in [2.24, 2.45) is 0 Å². The molecule has 2 rings (SSSR count). The molecule has 1 aromatic carbocycles. The smallest absolute Gasteiger partial charge is 0.152 e. The highest BCUT2D eigenvalue weighted by Gasteiger charge is 2.13. The van der Waals surface area contributed by atoms with Crippen molar-refractivity contribution in [1.29, 1.82) is 0 Å². The van der Waals surface area contributed by atoms with Crippen molar-refractivity contribution >= 4 is 39.4 Å². The van der Waals surface area contributed by atoms with Crippen LogP contribution in [-0.2, 0) is 0 Å². The van der Waals surface area contributed by atoms with Gasteiger partial charge >= 0.3 is 0 Å². The van der Waals surface area contributed by atoms with E-state index in [1.165, 1.54) is 6.07 Å². The summed E-state index contributed by atoms with van der Waals surface area (Å²) in [5, 5.41) is 0. The van der Waals surface area contributed by atoms with Crippen LogP contribution in [0.5, 0.6) is 0 Å². The van der Waals surface area contributed by atoms with Gasteiger partial charge < -0.3 is 4.57 Å². The number of halogens is 3. The molecule has 0 amide bonds. The molecule has 0 radical (unpaired) electrons. The van der Waals surface area contributed by atoms with Crippen LogP contribution < -0.4 is 0 Å². The Morgan fingerprint density at radius 3 is 2.56 bits per heavy atom. The summed E-state index contributed by atoms with van der Waals surface area (Å²) in [6.45, 7) is 6.02. The molecule has 0 fully saturated rings. The van der Waals surface area contributed by atoms with Crippen LogP contribution in [0.15, 0.2) is 16.6 Å². The molecule has 0 bridgehead atoms. The molecule has 1 heterocycles. The minimum absolute atomic E-state index is 0. The summed E-state index contributed by atoms with van der Waals surface area (Å²) in [6.07, 6.45) is 0. The lowest BCUT2D eigenvalue weighted by molar-refractivity contribution is 0.600. The third kappa shape index (κ3) is 2.09. The van der Waals surface area contributed by atoms with Crippen molar-refractivity contribution < 1.29 is 4.39 Å². The van der Waals surface area contributed by atoms with E-state index in [0.29, 0.717) is 5.52 Å². The average Bonchev–Trinajstić information content (AvgIpc) is 2.41. The third-order valence-corrected chi connectivity index (χ3v) is 2.86. The fourth-order valence-electron chi connectivity index (χ4n) is 1.89. The molecule has 0 N–H and O–H groups in total. The maximum Gasteiger partial charge on any atom is 0.152 e. The van der Waals surface area contributed by atoms with Crippen LogP contribution in [0, 0.1) is 12.7 Å². The lowest BCUT2D eigenvalue weighted by Gasteiger charge is -2.10. The van der Waals surface area contributed by atoms with E-state index in [2.05, 4.69) is 34.8 Å². The SMILES string of the molecule is Cc1nc2c(F)cc(Br)cc2n1C(C)C.Cl. The molecule has 0 saturated heterocycles. The van der Waals surface area contributed by atoms with E-state index in [0.717, 1.165) is 15.8 Å². The van der Waals surface area contributed by atoms with Gasteiger partial charge in [-0.1, -0.05) is 15.9 Å². The lowest BCUT2D eigenvalue weighted by atomic mass is 10.3. The van der Waals surface area contributed by atoms with Gasteiger partial charge in [0.1, 0.15) is 11.3 Å². The predicted molar refractivity (Wildman–Crippen MR) is 69.8 cm³/mol. The summed E-state index contributed by atoms with van der Waals surface area (Å²) in [7, 11) is 0. The maximum absolute atomic E-state index is 13.6. The van der Waals surface area contributed by atoms with Crippen molar-refractivity contribution in [3.05, 3.63) is 28.2 Å². The zero-order chi connectivity index (χ0) is 11.2. The number of rotatable bonds is 1. The second-order valence-electron chi connectivity index (χ2n) is 3.88. The fraction of sp³-hybridized carbons (Fsp3) is 0.364. The Labute approximate surface area is 108 Å². The number of hydrogen-bond acceptors (Lipinski definition) is 1. The van der Waals surface area contributed by atoms with Gasteiger partial charge in [0.25, 0.3) is 0 Å². The molecule has 1 aromatic heterocycles. The number of imidazole rings is 1. The van der Waals surface area contributed by atoms with Crippen LogP contribution in [0.3, 0.4) is 0 Å². The average molecular weight is 308 g/mol. The van der Waals surface area contributed by atoms with E-state index < -0.39 is 0 Å². The van der Waals surface area contributed by atoms with Gasteiger partial charge in [-0.05, 0) is 32.9 Å². The van der Waals surface area contributed by atoms with Gasteiger partial charge in [0, 0.05) is 10.5 Å². The summed E-state index contributed by atoms with van der Waals surface area (Å²) in [5.41, 5.74) is 1.29. The van der Waals surface area contributed by atoms with E-state index in [9.17, 15) is 4.39 Å². The second kappa shape index (κ2) is 4.72. The zero-order valence-electron chi connectivity index (χ0n) is 9.29. The van der Waals surface area contributed by atoms with Crippen LogP contribution in [0.1, 0.15) is 25.7 Å². The number of hydrogen-bond donors (Lipinski definition) is 0. The topological polar surface area (TPSA) is 17.8 Å². The van der Waals surface area contributed by atoms with Crippen LogP contribution in [0.4, 0.5) is 4.39 Å². The predicted octanol–water partition coefficient (Wildman–Crippen LogP) is 4.25. The molecule has 0 spiro atoms.